The number of benzene rings is 5. The third-order valence-corrected chi connectivity index (χ3v) is 13.6. The largest absolute Gasteiger partial charge is 0.458 e. The number of ether oxygens (including phenoxy) is 2. The number of hydrogen-bond donors (Lipinski definition) is 0. The van der Waals surface area contributed by atoms with Crippen molar-refractivity contribution >= 4 is 44.9 Å². The summed E-state index contributed by atoms with van der Waals surface area (Å²) in [5, 5.41) is 2.67. The molecule has 0 saturated heterocycles. The molecule has 254 valence electrons. The minimum absolute atomic E-state index is 0.0230. The summed E-state index contributed by atoms with van der Waals surface area (Å²) in [4.78, 5) is 0. The normalized spacial score (nSPS) is 24.0. The third kappa shape index (κ3) is 4.20. The number of rotatable bonds is 2. The topological polar surface area (TPSA) is 23.4 Å². The molecule has 2 aliphatic heterocycles. The van der Waals surface area contributed by atoms with Crippen LogP contribution in [0.25, 0.3) is 27.5 Å². The fraction of sp³-hybridized carbons (Fsp3) is 0.362. The molecule has 4 bridgehead atoms. The zero-order valence-electron chi connectivity index (χ0n) is 30.8. The highest BCUT2D eigenvalue weighted by Crippen LogP contribution is 2.65. The SMILES string of the molecule is CC(C)(C)c1ccc2c(c1)B1c3cc(C(C)(C)C)ccc3Oc3cc(-n4c5ccccc5c5cccc(C67CC8CC(C6)C(C8)C7)c54)cc(c31)O2. The van der Waals surface area contributed by atoms with Gasteiger partial charge in [-0.3, -0.25) is 0 Å². The molecule has 0 amide bonds. The maximum Gasteiger partial charge on any atom is 0.260 e. The molecule has 4 heteroatoms. The van der Waals surface area contributed by atoms with E-state index in [1.165, 1.54) is 76.0 Å². The molecule has 6 aliphatic rings. The van der Waals surface area contributed by atoms with Gasteiger partial charge in [-0.1, -0.05) is 102 Å². The maximum atomic E-state index is 6.99. The van der Waals surface area contributed by atoms with Gasteiger partial charge in [0.25, 0.3) is 6.71 Å². The molecule has 4 saturated carbocycles. The molecule has 0 spiro atoms. The Balaban J connectivity index is 1.16. The van der Waals surface area contributed by atoms with E-state index in [1.807, 2.05) is 0 Å². The zero-order valence-corrected chi connectivity index (χ0v) is 30.8. The van der Waals surface area contributed by atoms with Crippen LogP contribution >= 0.6 is 0 Å². The van der Waals surface area contributed by atoms with E-state index in [0.29, 0.717) is 0 Å². The highest BCUT2D eigenvalue weighted by atomic mass is 16.5. The van der Waals surface area contributed by atoms with Crippen LogP contribution in [0.2, 0.25) is 0 Å². The Labute approximate surface area is 302 Å². The minimum atomic E-state index is 0.0230. The number of aromatic nitrogens is 1. The van der Waals surface area contributed by atoms with Gasteiger partial charge in [-0.15, -0.1) is 0 Å². The summed E-state index contributed by atoms with van der Waals surface area (Å²) >= 11 is 0. The van der Waals surface area contributed by atoms with E-state index >= 15 is 0 Å². The smallest absolute Gasteiger partial charge is 0.260 e. The first kappa shape index (κ1) is 30.2. The number of nitrogens with zero attached hydrogens (tertiary/aromatic N) is 1. The Morgan fingerprint density at radius 1 is 0.627 bits per heavy atom. The van der Waals surface area contributed by atoms with Crippen LogP contribution in [-0.2, 0) is 16.2 Å². The molecule has 2 unspecified atom stereocenters. The van der Waals surface area contributed by atoms with E-state index < -0.39 is 0 Å². The van der Waals surface area contributed by atoms with Gasteiger partial charge in [0.05, 0.1) is 16.7 Å². The third-order valence-electron chi connectivity index (χ3n) is 13.6. The summed E-state index contributed by atoms with van der Waals surface area (Å²) in [5.74, 6) is 6.38. The molecule has 2 atom stereocenters. The lowest BCUT2D eigenvalue weighted by Gasteiger charge is -2.39. The molecule has 0 N–H and O–H groups in total. The molecule has 3 nitrogen and oxygen atoms in total. The van der Waals surface area contributed by atoms with Gasteiger partial charge in [0.2, 0.25) is 0 Å². The van der Waals surface area contributed by atoms with Crippen molar-refractivity contribution < 1.29 is 9.47 Å². The van der Waals surface area contributed by atoms with E-state index in [9.17, 15) is 0 Å². The summed E-state index contributed by atoms with van der Waals surface area (Å²) in [7, 11) is 0. The Hall–Kier alpha value is -4.44. The Kier molecular flexibility index (Phi) is 5.87. The van der Waals surface area contributed by atoms with Crippen molar-refractivity contribution in [1.82, 2.24) is 4.57 Å². The van der Waals surface area contributed by atoms with Crippen LogP contribution in [0.15, 0.2) is 91.0 Å². The standard InChI is InChI=1S/C47H46BNO2/c1-45(2,3)30-14-16-39-36(20-30)48-37-21-31(46(4,5)6)15-17-40(37)51-42-23-32(22-41(50-39)43(42)48)49-38-13-8-7-10-33(38)34-11-9-12-35(44(34)49)47-24-27-18-28(25-47)29(19-27)26-47/h7-17,20-23,27-29H,18-19,24-26H2,1-6H3. The summed E-state index contributed by atoms with van der Waals surface area (Å²) in [6.07, 6.45) is 6.93. The van der Waals surface area contributed by atoms with Gasteiger partial charge in [-0.05, 0) is 112 Å². The lowest BCUT2D eigenvalue weighted by Crippen LogP contribution is -2.57. The van der Waals surface area contributed by atoms with E-state index in [0.717, 1.165) is 51.9 Å². The first-order chi connectivity index (χ1) is 24.4. The van der Waals surface area contributed by atoms with Gasteiger partial charge in [0.1, 0.15) is 23.0 Å². The number of hydrogen-bond acceptors (Lipinski definition) is 2. The zero-order chi connectivity index (χ0) is 34.6. The van der Waals surface area contributed by atoms with Crippen molar-refractivity contribution in [1.29, 1.82) is 0 Å². The van der Waals surface area contributed by atoms with Gasteiger partial charge >= 0.3 is 0 Å². The van der Waals surface area contributed by atoms with E-state index in [4.69, 9.17) is 9.47 Å². The van der Waals surface area contributed by atoms with Crippen molar-refractivity contribution in [2.24, 2.45) is 17.8 Å². The first-order valence-corrected chi connectivity index (χ1v) is 19.3. The molecule has 4 fully saturated rings. The van der Waals surface area contributed by atoms with Gasteiger partial charge in [0.15, 0.2) is 0 Å². The molecule has 1 aromatic heterocycles. The van der Waals surface area contributed by atoms with Crippen molar-refractivity contribution in [3.8, 4) is 28.7 Å². The van der Waals surface area contributed by atoms with Gasteiger partial charge in [-0.25, -0.2) is 0 Å². The quantitative estimate of drug-likeness (QED) is 0.171. The van der Waals surface area contributed by atoms with Gasteiger partial charge in [-0.2, -0.15) is 0 Å². The summed E-state index contributed by atoms with van der Waals surface area (Å²) < 4.78 is 16.5. The van der Waals surface area contributed by atoms with Crippen molar-refractivity contribution in [2.45, 2.75) is 89.9 Å². The van der Waals surface area contributed by atoms with Crippen molar-refractivity contribution in [3.63, 3.8) is 0 Å². The lowest BCUT2D eigenvalue weighted by atomic mass is 9.34. The molecular formula is C47H46BNO2. The van der Waals surface area contributed by atoms with Gasteiger partial charge < -0.3 is 14.0 Å². The van der Waals surface area contributed by atoms with Crippen LogP contribution in [0.1, 0.15) is 90.3 Å². The van der Waals surface area contributed by atoms with Gasteiger partial charge in [0, 0.05) is 28.4 Å². The Morgan fingerprint density at radius 2 is 1.22 bits per heavy atom. The molecule has 12 rings (SSSR count). The molecule has 3 heterocycles. The highest BCUT2D eigenvalue weighted by molar-refractivity contribution is 6.98. The van der Waals surface area contributed by atoms with Crippen LogP contribution in [0.5, 0.6) is 23.0 Å². The lowest BCUT2D eigenvalue weighted by molar-refractivity contribution is 0.230. The Morgan fingerprint density at radius 3 is 1.80 bits per heavy atom. The second kappa shape index (κ2) is 9.91. The Bertz CT molecular complexity index is 2370. The second-order valence-electron chi connectivity index (χ2n) is 18.8. The van der Waals surface area contributed by atoms with Crippen LogP contribution in [0, 0.1) is 17.8 Å². The van der Waals surface area contributed by atoms with Crippen LogP contribution in [-0.4, -0.2) is 11.3 Å². The van der Waals surface area contributed by atoms with Crippen molar-refractivity contribution in [3.05, 3.63) is 108 Å². The fourth-order valence-electron chi connectivity index (χ4n) is 11.4. The predicted molar refractivity (Wildman–Crippen MR) is 211 cm³/mol. The van der Waals surface area contributed by atoms with E-state index in [1.54, 1.807) is 5.56 Å². The summed E-state index contributed by atoms with van der Waals surface area (Å²) in [5.41, 5.74) is 11.8. The summed E-state index contributed by atoms with van der Waals surface area (Å²) in [6, 6.07) is 34.5. The monoisotopic (exact) mass is 667 g/mol. The average molecular weight is 668 g/mol. The molecular weight excluding hydrogens is 621 g/mol. The van der Waals surface area contributed by atoms with Crippen LogP contribution < -0.4 is 25.9 Å². The van der Waals surface area contributed by atoms with Crippen molar-refractivity contribution in [2.75, 3.05) is 0 Å². The van der Waals surface area contributed by atoms with Crippen LogP contribution in [0.3, 0.4) is 0 Å². The average Bonchev–Trinajstić information content (AvgIpc) is 3.68. The molecule has 6 aromatic rings. The fourth-order valence-corrected chi connectivity index (χ4v) is 11.4. The second-order valence-corrected chi connectivity index (χ2v) is 18.8. The first-order valence-electron chi connectivity index (χ1n) is 19.3. The minimum Gasteiger partial charge on any atom is -0.458 e. The molecule has 4 aliphatic carbocycles. The van der Waals surface area contributed by atoms with E-state index in [2.05, 4.69) is 137 Å². The highest BCUT2D eigenvalue weighted by Gasteiger charge is 2.57. The number of fused-ring (bicyclic) bond motifs is 7. The molecule has 0 radical (unpaired) electrons. The van der Waals surface area contributed by atoms with Crippen LogP contribution in [0.4, 0.5) is 0 Å². The van der Waals surface area contributed by atoms with E-state index in [-0.39, 0.29) is 23.0 Å². The summed E-state index contributed by atoms with van der Waals surface area (Å²) in [6.45, 7) is 13.8. The maximum absolute atomic E-state index is 6.99. The number of para-hydroxylation sites is 2. The molecule has 5 aromatic carbocycles. The predicted octanol–water partition coefficient (Wildman–Crippen LogP) is 10.2. The molecule has 51 heavy (non-hydrogen) atoms.